The van der Waals surface area contributed by atoms with Crippen LogP contribution in [0, 0.1) is 15.2 Å². The molecule has 2 rings (SSSR count). The van der Waals surface area contributed by atoms with Crippen molar-refractivity contribution in [3.8, 4) is 0 Å². The van der Waals surface area contributed by atoms with Gasteiger partial charge in [0.25, 0.3) is 0 Å². The molecule has 1 nitrogen and oxygen atoms in total. The fourth-order valence-electron chi connectivity index (χ4n) is 1.68. The highest BCUT2D eigenvalue weighted by Gasteiger charge is 2.10. The Bertz CT molecular complexity index is 557. The predicted octanol–water partition coefficient (Wildman–Crippen LogP) is 4.74. The Hall–Kier alpha value is -1.17. The van der Waals surface area contributed by atoms with Crippen LogP contribution in [0.2, 0.25) is 0 Å². The number of halogens is 3. The van der Waals surface area contributed by atoms with Crippen LogP contribution in [0.1, 0.15) is 18.5 Å². The quantitative estimate of drug-likeness (QED) is 0.781. The van der Waals surface area contributed by atoms with E-state index in [2.05, 4.69) is 27.9 Å². The Morgan fingerprint density at radius 1 is 1.06 bits per heavy atom. The smallest absolute Gasteiger partial charge is 0.159 e. The summed E-state index contributed by atoms with van der Waals surface area (Å²) >= 11 is 2.23. The van der Waals surface area contributed by atoms with E-state index in [0.29, 0.717) is 5.56 Å². The molecule has 4 heteroatoms. The van der Waals surface area contributed by atoms with Gasteiger partial charge in [-0.05, 0) is 59.3 Å². The number of nitrogens with one attached hydrogen (secondary N) is 1. The normalized spacial score (nSPS) is 12.2. The first kappa shape index (κ1) is 13.3. The zero-order valence-electron chi connectivity index (χ0n) is 9.75. The fraction of sp³-hybridized carbons (Fsp3) is 0.143. The van der Waals surface area contributed by atoms with Crippen molar-refractivity contribution in [3.63, 3.8) is 0 Å². The van der Waals surface area contributed by atoms with Gasteiger partial charge < -0.3 is 5.32 Å². The third-order valence-corrected chi connectivity index (χ3v) is 3.63. The summed E-state index contributed by atoms with van der Waals surface area (Å²) in [5.41, 5.74) is 1.70. The molecule has 2 aromatic carbocycles. The van der Waals surface area contributed by atoms with Crippen molar-refractivity contribution in [2.75, 3.05) is 5.32 Å². The molecule has 0 radical (unpaired) electrons. The van der Waals surface area contributed by atoms with Gasteiger partial charge in [-0.15, -0.1) is 0 Å². The zero-order valence-corrected chi connectivity index (χ0v) is 11.9. The molecule has 18 heavy (non-hydrogen) atoms. The Labute approximate surface area is 118 Å². The molecule has 0 aliphatic rings. The Balaban J connectivity index is 2.19. The third kappa shape index (κ3) is 2.98. The summed E-state index contributed by atoms with van der Waals surface area (Å²) in [4.78, 5) is 0. The van der Waals surface area contributed by atoms with E-state index in [1.54, 1.807) is 6.07 Å². The van der Waals surface area contributed by atoms with E-state index < -0.39 is 11.6 Å². The molecule has 0 heterocycles. The molecule has 1 unspecified atom stereocenters. The van der Waals surface area contributed by atoms with Crippen molar-refractivity contribution in [3.05, 3.63) is 63.2 Å². The highest BCUT2D eigenvalue weighted by Crippen LogP contribution is 2.24. The molecule has 0 saturated carbocycles. The lowest BCUT2D eigenvalue weighted by Crippen LogP contribution is -2.08. The Morgan fingerprint density at radius 2 is 1.78 bits per heavy atom. The maximum absolute atomic E-state index is 13.2. The minimum absolute atomic E-state index is 0.0870. The lowest BCUT2D eigenvalue weighted by atomic mass is 10.1. The van der Waals surface area contributed by atoms with E-state index >= 15 is 0 Å². The molecule has 0 aromatic heterocycles. The van der Waals surface area contributed by atoms with Gasteiger partial charge in [-0.3, -0.25) is 0 Å². The van der Waals surface area contributed by atoms with Gasteiger partial charge in [-0.25, -0.2) is 8.78 Å². The molecule has 0 saturated heterocycles. The molecular weight excluding hydrogens is 347 g/mol. The number of benzene rings is 2. The number of para-hydroxylation sites is 1. The minimum Gasteiger partial charge on any atom is -0.378 e. The Morgan fingerprint density at radius 3 is 2.44 bits per heavy atom. The summed E-state index contributed by atoms with van der Waals surface area (Å²) in [6, 6.07) is 11.7. The maximum atomic E-state index is 13.2. The lowest BCUT2D eigenvalue weighted by molar-refractivity contribution is 0.506. The maximum Gasteiger partial charge on any atom is 0.159 e. The molecule has 0 spiro atoms. The van der Waals surface area contributed by atoms with Crippen LogP contribution < -0.4 is 5.32 Å². The number of anilines is 1. The summed E-state index contributed by atoms with van der Waals surface area (Å²) in [5.74, 6) is -1.64. The SMILES string of the molecule is CC(Nc1ccccc1I)c1ccc(F)c(F)c1. The van der Waals surface area contributed by atoms with Crippen LogP contribution in [0.25, 0.3) is 0 Å². The Kier molecular flexibility index (Phi) is 4.16. The van der Waals surface area contributed by atoms with Gasteiger partial charge in [0.15, 0.2) is 11.6 Å². The highest BCUT2D eigenvalue weighted by molar-refractivity contribution is 14.1. The van der Waals surface area contributed by atoms with Crippen LogP contribution in [0.5, 0.6) is 0 Å². The predicted molar refractivity (Wildman–Crippen MR) is 77.6 cm³/mol. The van der Waals surface area contributed by atoms with Crippen molar-refractivity contribution in [1.29, 1.82) is 0 Å². The standard InChI is InChI=1S/C14H12F2IN/c1-9(10-6-7-11(15)12(16)8-10)18-14-5-3-2-4-13(14)17/h2-9,18H,1H3. The van der Waals surface area contributed by atoms with E-state index in [-0.39, 0.29) is 6.04 Å². The second-order valence-corrected chi connectivity index (χ2v) is 5.18. The topological polar surface area (TPSA) is 12.0 Å². The molecule has 0 fully saturated rings. The number of hydrogen-bond donors (Lipinski definition) is 1. The van der Waals surface area contributed by atoms with E-state index in [9.17, 15) is 8.78 Å². The fourth-order valence-corrected chi connectivity index (χ4v) is 2.22. The molecule has 1 atom stereocenters. The van der Waals surface area contributed by atoms with Crippen molar-refractivity contribution < 1.29 is 8.78 Å². The van der Waals surface area contributed by atoms with Gasteiger partial charge in [0.1, 0.15) is 0 Å². The largest absolute Gasteiger partial charge is 0.378 e. The van der Waals surface area contributed by atoms with E-state index in [0.717, 1.165) is 15.3 Å². The third-order valence-electron chi connectivity index (χ3n) is 2.69. The van der Waals surface area contributed by atoms with Crippen molar-refractivity contribution in [1.82, 2.24) is 0 Å². The molecule has 1 N–H and O–H groups in total. The molecule has 0 bridgehead atoms. The van der Waals surface area contributed by atoms with Crippen LogP contribution in [-0.4, -0.2) is 0 Å². The molecule has 2 aromatic rings. The van der Waals surface area contributed by atoms with Gasteiger partial charge in [-0.2, -0.15) is 0 Å². The second-order valence-electron chi connectivity index (χ2n) is 4.02. The van der Waals surface area contributed by atoms with E-state index in [1.807, 2.05) is 31.2 Å². The van der Waals surface area contributed by atoms with E-state index in [4.69, 9.17) is 0 Å². The summed E-state index contributed by atoms with van der Waals surface area (Å²) in [6.45, 7) is 1.91. The lowest BCUT2D eigenvalue weighted by Gasteiger charge is -2.17. The number of rotatable bonds is 3. The van der Waals surface area contributed by atoms with Gasteiger partial charge in [0.05, 0.1) is 0 Å². The molecule has 0 aliphatic heterocycles. The van der Waals surface area contributed by atoms with Gasteiger partial charge in [0.2, 0.25) is 0 Å². The van der Waals surface area contributed by atoms with Crippen molar-refractivity contribution in [2.24, 2.45) is 0 Å². The summed E-state index contributed by atoms with van der Waals surface area (Å²) in [6.07, 6.45) is 0. The van der Waals surface area contributed by atoms with Crippen LogP contribution in [0.3, 0.4) is 0 Å². The first-order valence-corrected chi connectivity index (χ1v) is 6.62. The van der Waals surface area contributed by atoms with E-state index in [1.165, 1.54) is 6.07 Å². The first-order valence-electron chi connectivity index (χ1n) is 5.54. The summed E-state index contributed by atoms with van der Waals surface area (Å²) < 4.78 is 27.1. The van der Waals surface area contributed by atoms with Crippen LogP contribution in [-0.2, 0) is 0 Å². The molecule has 0 aliphatic carbocycles. The number of hydrogen-bond acceptors (Lipinski definition) is 1. The van der Waals surface area contributed by atoms with Gasteiger partial charge >= 0.3 is 0 Å². The molecule has 0 amide bonds. The van der Waals surface area contributed by atoms with Gasteiger partial charge in [-0.1, -0.05) is 18.2 Å². The van der Waals surface area contributed by atoms with Gasteiger partial charge in [0, 0.05) is 15.3 Å². The van der Waals surface area contributed by atoms with Crippen LogP contribution in [0.4, 0.5) is 14.5 Å². The summed E-state index contributed by atoms with van der Waals surface area (Å²) in [5, 5.41) is 3.28. The van der Waals surface area contributed by atoms with Crippen molar-refractivity contribution in [2.45, 2.75) is 13.0 Å². The average molecular weight is 359 g/mol. The summed E-state index contributed by atoms with van der Waals surface area (Å²) in [7, 11) is 0. The van der Waals surface area contributed by atoms with Crippen LogP contribution in [0.15, 0.2) is 42.5 Å². The van der Waals surface area contributed by atoms with Crippen molar-refractivity contribution >= 4 is 28.3 Å². The zero-order chi connectivity index (χ0) is 13.1. The molecule has 94 valence electrons. The second kappa shape index (κ2) is 5.65. The monoisotopic (exact) mass is 359 g/mol. The first-order chi connectivity index (χ1) is 8.58. The van der Waals surface area contributed by atoms with Crippen LogP contribution >= 0.6 is 22.6 Å². The minimum atomic E-state index is -0.819. The highest BCUT2D eigenvalue weighted by atomic mass is 127. The average Bonchev–Trinajstić information content (AvgIpc) is 2.35. The molecular formula is C14H12F2IN.